The van der Waals surface area contributed by atoms with E-state index in [0.717, 1.165) is 26.1 Å². The largest absolute Gasteiger partial charge is 0.399 e. The number of rotatable bonds is 2. The first-order valence-corrected chi connectivity index (χ1v) is 6.07. The summed E-state index contributed by atoms with van der Waals surface area (Å²) in [6.07, 6.45) is -3.53. The Balaban J connectivity index is 3.54. The van der Waals surface area contributed by atoms with E-state index in [-0.39, 0.29) is 0 Å². The maximum atomic E-state index is 12.8. The number of primary sulfonamides is 1. The molecule has 0 saturated heterocycles. The minimum Gasteiger partial charge on any atom is -0.259 e. The van der Waals surface area contributed by atoms with E-state index < -0.39 is 32.2 Å². The molecule has 0 aliphatic rings. The molecule has 4 nitrogen and oxygen atoms in total. The maximum Gasteiger partial charge on any atom is 0.399 e. The van der Waals surface area contributed by atoms with Gasteiger partial charge in [0.2, 0.25) is 10.0 Å². The monoisotopic (exact) mass is 268 g/mol. The second-order valence-electron chi connectivity index (χ2n) is 4.02. The molecular formula is C9H11F3N2O2S. The summed E-state index contributed by atoms with van der Waals surface area (Å²) >= 11 is 0. The highest BCUT2D eigenvalue weighted by atomic mass is 32.2. The van der Waals surface area contributed by atoms with Gasteiger partial charge in [-0.15, -0.1) is 0 Å². The number of nitrogens with zero attached hydrogens (tertiary/aromatic N) is 1. The molecular weight excluding hydrogens is 257 g/mol. The van der Waals surface area contributed by atoms with Crippen molar-refractivity contribution in [3.63, 3.8) is 0 Å². The third-order valence-corrected chi connectivity index (χ3v) is 3.32. The standard InChI is InChI=1S/C9H11F3N2O2S/c1-8(2,9(10,11)12)7-6(17(13,15)16)4-3-5-14-7/h3-5H,1-2H3,(H2,13,15,16). The van der Waals surface area contributed by atoms with Gasteiger partial charge in [0.25, 0.3) is 0 Å². The lowest BCUT2D eigenvalue weighted by Crippen LogP contribution is -2.39. The summed E-state index contributed by atoms with van der Waals surface area (Å²) in [6, 6.07) is 2.22. The van der Waals surface area contributed by atoms with Crippen molar-refractivity contribution in [2.45, 2.75) is 30.3 Å². The molecule has 1 aromatic rings. The second-order valence-corrected chi connectivity index (χ2v) is 5.55. The van der Waals surface area contributed by atoms with Crippen LogP contribution in [0.4, 0.5) is 13.2 Å². The number of sulfonamides is 1. The Labute approximate surface area is 96.7 Å². The highest BCUT2D eigenvalue weighted by Gasteiger charge is 2.51. The van der Waals surface area contributed by atoms with Gasteiger partial charge >= 0.3 is 6.18 Å². The summed E-state index contributed by atoms with van der Waals surface area (Å²) in [4.78, 5) is 2.90. The minimum absolute atomic E-state index is 0.602. The molecule has 0 radical (unpaired) electrons. The van der Waals surface area contributed by atoms with Gasteiger partial charge in [0.15, 0.2) is 0 Å². The van der Waals surface area contributed by atoms with Crippen molar-refractivity contribution in [1.29, 1.82) is 0 Å². The number of nitrogens with two attached hydrogens (primary N) is 1. The van der Waals surface area contributed by atoms with Crippen LogP contribution < -0.4 is 5.14 Å². The van der Waals surface area contributed by atoms with Crippen LogP contribution in [-0.4, -0.2) is 19.6 Å². The van der Waals surface area contributed by atoms with Crippen LogP contribution in [0.25, 0.3) is 0 Å². The van der Waals surface area contributed by atoms with E-state index in [1.54, 1.807) is 0 Å². The zero-order valence-corrected chi connectivity index (χ0v) is 9.93. The Kier molecular flexibility index (Phi) is 3.23. The molecule has 96 valence electrons. The average molecular weight is 268 g/mol. The van der Waals surface area contributed by atoms with E-state index in [1.807, 2.05) is 0 Å². The van der Waals surface area contributed by atoms with E-state index >= 15 is 0 Å². The lowest BCUT2D eigenvalue weighted by atomic mass is 9.88. The fraction of sp³-hybridized carbons (Fsp3) is 0.444. The molecule has 0 aromatic carbocycles. The maximum absolute atomic E-state index is 12.8. The van der Waals surface area contributed by atoms with Crippen molar-refractivity contribution in [3.05, 3.63) is 24.0 Å². The van der Waals surface area contributed by atoms with Crippen LogP contribution in [0.3, 0.4) is 0 Å². The van der Waals surface area contributed by atoms with Crippen LogP contribution in [0.15, 0.2) is 23.2 Å². The topological polar surface area (TPSA) is 73.0 Å². The van der Waals surface area contributed by atoms with Crippen LogP contribution in [0.1, 0.15) is 19.5 Å². The van der Waals surface area contributed by atoms with Crippen molar-refractivity contribution in [2.75, 3.05) is 0 Å². The van der Waals surface area contributed by atoms with Gasteiger partial charge in [-0.1, -0.05) is 0 Å². The summed E-state index contributed by atoms with van der Waals surface area (Å²) in [5.41, 5.74) is -2.99. The van der Waals surface area contributed by atoms with Gasteiger partial charge in [-0.25, -0.2) is 13.6 Å². The summed E-state index contributed by atoms with van der Waals surface area (Å²) in [6.45, 7) is 1.70. The summed E-state index contributed by atoms with van der Waals surface area (Å²) in [7, 11) is -4.24. The SMILES string of the molecule is CC(C)(c1ncccc1S(N)(=O)=O)C(F)(F)F. The molecule has 8 heteroatoms. The first kappa shape index (κ1) is 13.9. The van der Waals surface area contributed by atoms with Crippen LogP contribution in [0.2, 0.25) is 0 Å². The van der Waals surface area contributed by atoms with Gasteiger partial charge in [0.1, 0.15) is 10.3 Å². The molecule has 1 heterocycles. The van der Waals surface area contributed by atoms with Crippen molar-refractivity contribution in [2.24, 2.45) is 5.14 Å². The molecule has 0 aliphatic carbocycles. The second kappa shape index (κ2) is 3.95. The zero-order valence-electron chi connectivity index (χ0n) is 9.12. The Morgan fingerprint density at radius 3 is 2.24 bits per heavy atom. The summed E-state index contributed by atoms with van der Waals surface area (Å²) in [5.74, 6) is 0. The van der Waals surface area contributed by atoms with Crippen molar-refractivity contribution in [1.82, 2.24) is 4.98 Å². The predicted octanol–water partition coefficient (Wildman–Crippen LogP) is 1.57. The van der Waals surface area contributed by atoms with Gasteiger partial charge in [0, 0.05) is 6.20 Å². The molecule has 0 saturated carbocycles. The van der Waals surface area contributed by atoms with Gasteiger partial charge in [-0.05, 0) is 26.0 Å². The van der Waals surface area contributed by atoms with Crippen LogP contribution >= 0.6 is 0 Å². The van der Waals surface area contributed by atoms with Crippen molar-refractivity contribution in [3.8, 4) is 0 Å². The fourth-order valence-corrected chi connectivity index (χ4v) is 2.07. The number of pyridine rings is 1. The van der Waals surface area contributed by atoms with Crippen LogP contribution in [0, 0.1) is 0 Å². The molecule has 0 amide bonds. The lowest BCUT2D eigenvalue weighted by molar-refractivity contribution is -0.181. The third-order valence-electron chi connectivity index (χ3n) is 2.38. The zero-order chi connectivity index (χ0) is 13.5. The molecule has 0 fully saturated rings. The average Bonchev–Trinajstić information content (AvgIpc) is 2.14. The molecule has 0 bridgehead atoms. The molecule has 0 aliphatic heterocycles. The van der Waals surface area contributed by atoms with Gasteiger partial charge in [0.05, 0.1) is 5.69 Å². The highest BCUT2D eigenvalue weighted by molar-refractivity contribution is 7.89. The van der Waals surface area contributed by atoms with E-state index in [9.17, 15) is 21.6 Å². The van der Waals surface area contributed by atoms with E-state index in [2.05, 4.69) is 4.98 Å². The smallest absolute Gasteiger partial charge is 0.259 e. The number of halogens is 3. The van der Waals surface area contributed by atoms with Crippen molar-refractivity contribution < 1.29 is 21.6 Å². The normalized spacial score (nSPS) is 13.8. The molecule has 2 N–H and O–H groups in total. The van der Waals surface area contributed by atoms with Gasteiger partial charge < -0.3 is 0 Å². The minimum atomic E-state index is -4.62. The Hall–Kier alpha value is -1.15. The summed E-state index contributed by atoms with van der Waals surface area (Å²) in [5, 5.41) is 4.86. The fourth-order valence-electron chi connectivity index (χ4n) is 1.22. The molecule has 1 rings (SSSR count). The first-order valence-electron chi connectivity index (χ1n) is 4.53. The predicted molar refractivity (Wildman–Crippen MR) is 54.7 cm³/mol. The Morgan fingerprint density at radius 2 is 1.82 bits per heavy atom. The Bertz CT molecular complexity index is 523. The molecule has 1 aromatic heterocycles. The first-order chi connectivity index (χ1) is 7.48. The summed E-state index contributed by atoms with van der Waals surface area (Å²) < 4.78 is 60.8. The third kappa shape index (κ3) is 2.58. The highest BCUT2D eigenvalue weighted by Crippen LogP contribution is 2.41. The van der Waals surface area contributed by atoms with Crippen LogP contribution in [0.5, 0.6) is 0 Å². The lowest BCUT2D eigenvalue weighted by Gasteiger charge is -2.28. The molecule has 0 spiro atoms. The van der Waals surface area contributed by atoms with E-state index in [1.165, 1.54) is 6.07 Å². The molecule has 0 atom stereocenters. The number of hydrogen-bond donors (Lipinski definition) is 1. The quantitative estimate of drug-likeness (QED) is 0.884. The van der Waals surface area contributed by atoms with Crippen molar-refractivity contribution >= 4 is 10.0 Å². The van der Waals surface area contributed by atoms with E-state index in [0.29, 0.717) is 0 Å². The van der Waals surface area contributed by atoms with E-state index in [4.69, 9.17) is 5.14 Å². The Morgan fingerprint density at radius 1 is 1.29 bits per heavy atom. The molecule has 0 unspecified atom stereocenters. The number of aromatic nitrogens is 1. The number of alkyl halides is 3. The molecule has 17 heavy (non-hydrogen) atoms. The van der Waals surface area contributed by atoms with Gasteiger partial charge in [-0.3, -0.25) is 4.98 Å². The number of hydrogen-bond acceptors (Lipinski definition) is 3. The van der Waals surface area contributed by atoms with Crippen LogP contribution in [-0.2, 0) is 15.4 Å². The van der Waals surface area contributed by atoms with Gasteiger partial charge in [-0.2, -0.15) is 13.2 Å².